The van der Waals surface area contributed by atoms with Gasteiger partial charge in [-0.05, 0) is 65.8 Å². The van der Waals surface area contributed by atoms with Crippen molar-refractivity contribution in [2.45, 2.75) is 76.8 Å². The Bertz CT molecular complexity index is 898. The molecule has 0 radical (unpaired) electrons. The molecule has 5 heteroatoms. The van der Waals surface area contributed by atoms with Crippen LogP contribution in [0.1, 0.15) is 60.4 Å². The average Bonchev–Trinajstić information content (AvgIpc) is 2.81. The lowest BCUT2D eigenvalue weighted by Gasteiger charge is -2.26. The van der Waals surface area contributed by atoms with Gasteiger partial charge in [-0.25, -0.2) is 0 Å². The maximum atomic E-state index is 5.91. The molecule has 32 heavy (non-hydrogen) atoms. The lowest BCUT2D eigenvalue weighted by molar-refractivity contribution is 0.0580. The highest BCUT2D eigenvalue weighted by atomic mass is 28.3. The van der Waals surface area contributed by atoms with Gasteiger partial charge in [0.05, 0.1) is 12.2 Å². The lowest BCUT2D eigenvalue weighted by Crippen LogP contribution is -2.26. The molecule has 0 spiro atoms. The standard InChI is InChI=1S/C27H39N3OSi/c1-32(2,3)16-15-31-21-30-14-13-23-17-26(11-10-25(23)20-30)29-19-27-12-9-24(18-28-27)22-7-5-4-6-8-22/h9-14,17-18,22,29H,4-8,15-16,19-21H2,1-3H3. The van der Waals surface area contributed by atoms with Crippen molar-refractivity contribution in [3.63, 3.8) is 0 Å². The van der Waals surface area contributed by atoms with Gasteiger partial charge in [0.15, 0.2) is 0 Å². The first kappa shape index (κ1) is 23.1. The van der Waals surface area contributed by atoms with Gasteiger partial charge in [0, 0.05) is 39.3 Å². The van der Waals surface area contributed by atoms with Crippen LogP contribution in [0, 0.1) is 0 Å². The van der Waals surface area contributed by atoms with Gasteiger partial charge in [-0.3, -0.25) is 4.98 Å². The molecule has 0 amide bonds. The predicted molar refractivity (Wildman–Crippen MR) is 137 cm³/mol. The highest BCUT2D eigenvalue weighted by Crippen LogP contribution is 2.32. The first-order valence-corrected chi connectivity index (χ1v) is 16.0. The smallest absolute Gasteiger partial charge is 0.118 e. The molecule has 1 aromatic carbocycles. The summed E-state index contributed by atoms with van der Waals surface area (Å²) < 4.78 is 5.91. The van der Waals surface area contributed by atoms with Crippen molar-refractivity contribution in [2.24, 2.45) is 0 Å². The zero-order valence-electron chi connectivity index (χ0n) is 20.1. The molecule has 4 nitrogen and oxygen atoms in total. The summed E-state index contributed by atoms with van der Waals surface area (Å²) in [6.45, 7) is 10.4. The summed E-state index contributed by atoms with van der Waals surface area (Å²) in [5, 5.41) is 3.55. The summed E-state index contributed by atoms with van der Waals surface area (Å²) in [4.78, 5) is 6.97. The molecule has 1 aromatic heterocycles. The minimum atomic E-state index is -1.02. The number of aromatic nitrogens is 1. The molecule has 0 unspecified atom stereocenters. The van der Waals surface area contributed by atoms with Gasteiger partial charge in [-0.1, -0.05) is 51.0 Å². The van der Waals surface area contributed by atoms with Gasteiger partial charge in [-0.15, -0.1) is 0 Å². The van der Waals surface area contributed by atoms with Gasteiger partial charge in [0.1, 0.15) is 6.73 Å². The number of fused-ring (bicyclic) bond motifs is 1. The first-order valence-electron chi connectivity index (χ1n) is 12.3. The van der Waals surface area contributed by atoms with E-state index in [1.165, 1.54) is 54.8 Å². The number of nitrogens with zero attached hydrogens (tertiary/aromatic N) is 2. The molecule has 1 saturated carbocycles. The third-order valence-electron chi connectivity index (χ3n) is 6.64. The fourth-order valence-corrected chi connectivity index (χ4v) is 5.28. The molecule has 1 aliphatic heterocycles. The molecule has 0 saturated heterocycles. The van der Waals surface area contributed by atoms with Crippen LogP contribution in [0.2, 0.25) is 25.7 Å². The maximum absolute atomic E-state index is 5.91. The van der Waals surface area contributed by atoms with Crippen LogP contribution < -0.4 is 5.32 Å². The third-order valence-corrected chi connectivity index (χ3v) is 8.34. The molecular formula is C27H39N3OSi. The van der Waals surface area contributed by atoms with Gasteiger partial charge in [0.25, 0.3) is 0 Å². The zero-order chi connectivity index (χ0) is 22.4. The Morgan fingerprint density at radius 1 is 1.09 bits per heavy atom. The second-order valence-corrected chi connectivity index (χ2v) is 16.2. The molecule has 0 bridgehead atoms. The normalized spacial score (nSPS) is 16.8. The lowest BCUT2D eigenvalue weighted by atomic mass is 9.85. The second-order valence-electron chi connectivity index (χ2n) is 10.6. The predicted octanol–water partition coefficient (Wildman–Crippen LogP) is 6.84. The summed E-state index contributed by atoms with van der Waals surface area (Å²) >= 11 is 0. The second kappa shape index (κ2) is 10.7. The highest BCUT2D eigenvalue weighted by molar-refractivity contribution is 6.76. The van der Waals surface area contributed by atoms with E-state index in [4.69, 9.17) is 9.72 Å². The van der Waals surface area contributed by atoms with E-state index in [1.54, 1.807) is 0 Å². The van der Waals surface area contributed by atoms with Crippen molar-refractivity contribution in [3.8, 4) is 0 Å². The van der Waals surface area contributed by atoms with Crippen LogP contribution in [0.3, 0.4) is 0 Å². The molecule has 2 heterocycles. The number of anilines is 1. The minimum absolute atomic E-state index is 0.670. The Labute approximate surface area is 195 Å². The summed E-state index contributed by atoms with van der Waals surface area (Å²) in [5.41, 5.74) is 6.29. The van der Waals surface area contributed by atoms with E-state index in [1.807, 2.05) is 0 Å². The Balaban J connectivity index is 1.26. The number of nitrogens with one attached hydrogen (secondary N) is 1. The van der Waals surface area contributed by atoms with Crippen molar-refractivity contribution in [3.05, 3.63) is 65.1 Å². The molecule has 1 N–H and O–H groups in total. The Kier molecular flexibility index (Phi) is 7.69. The van der Waals surface area contributed by atoms with E-state index >= 15 is 0 Å². The number of benzene rings is 1. The largest absolute Gasteiger partial charge is 0.379 e. The van der Waals surface area contributed by atoms with Crippen LogP contribution >= 0.6 is 0 Å². The number of rotatable bonds is 9. The van der Waals surface area contributed by atoms with Crippen LogP contribution in [-0.4, -0.2) is 31.3 Å². The third kappa shape index (κ3) is 6.69. The van der Waals surface area contributed by atoms with Crippen LogP contribution in [0.5, 0.6) is 0 Å². The van der Waals surface area contributed by atoms with E-state index in [-0.39, 0.29) is 0 Å². The van der Waals surface area contributed by atoms with Crippen LogP contribution in [0.25, 0.3) is 6.08 Å². The maximum Gasteiger partial charge on any atom is 0.118 e. The summed E-state index contributed by atoms with van der Waals surface area (Å²) in [7, 11) is -1.02. The van der Waals surface area contributed by atoms with E-state index < -0.39 is 8.07 Å². The zero-order valence-corrected chi connectivity index (χ0v) is 21.1. The monoisotopic (exact) mass is 449 g/mol. The quantitative estimate of drug-likeness (QED) is 0.336. The van der Waals surface area contributed by atoms with E-state index in [0.29, 0.717) is 6.73 Å². The van der Waals surface area contributed by atoms with E-state index in [2.05, 4.69) is 78.7 Å². The summed E-state index contributed by atoms with van der Waals surface area (Å²) in [6, 6.07) is 12.3. The summed E-state index contributed by atoms with van der Waals surface area (Å²) in [5.74, 6) is 0.719. The molecular weight excluding hydrogens is 410 g/mol. The Morgan fingerprint density at radius 3 is 2.69 bits per heavy atom. The summed E-state index contributed by atoms with van der Waals surface area (Å²) in [6.07, 6.45) is 13.2. The topological polar surface area (TPSA) is 37.4 Å². The van der Waals surface area contributed by atoms with Gasteiger partial charge < -0.3 is 15.0 Å². The SMILES string of the molecule is C[Si](C)(C)CCOCN1C=Cc2cc(NCc3ccc(C4CCCCC4)cn3)ccc2C1. The Morgan fingerprint density at radius 2 is 1.94 bits per heavy atom. The van der Waals surface area contributed by atoms with Crippen LogP contribution in [-0.2, 0) is 17.8 Å². The number of hydrogen-bond acceptors (Lipinski definition) is 4. The molecule has 1 aliphatic carbocycles. The molecule has 0 atom stereocenters. The average molecular weight is 450 g/mol. The molecule has 2 aliphatic rings. The first-order chi connectivity index (χ1) is 15.5. The highest BCUT2D eigenvalue weighted by Gasteiger charge is 2.16. The van der Waals surface area contributed by atoms with Crippen molar-refractivity contribution in [2.75, 3.05) is 18.7 Å². The van der Waals surface area contributed by atoms with Crippen molar-refractivity contribution in [1.82, 2.24) is 9.88 Å². The minimum Gasteiger partial charge on any atom is -0.379 e. The molecule has 172 valence electrons. The molecule has 1 fully saturated rings. The van der Waals surface area contributed by atoms with Gasteiger partial charge in [0.2, 0.25) is 0 Å². The number of hydrogen-bond donors (Lipinski definition) is 1. The van der Waals surface area contributed by atoms with Crippen molar-refractivity contribution < 1.29 is 4.74 Å². The number of ether oxygens (including phenoxy) is 1. The van der Waals surface area contributed by atoms with Gasteiger partial charge >= 0.3 is 0 Å². The van der Waals surface area contributed by atoms with E-state index in [9.17, 15) is 0 Å². The van der Waals surface area contributed by atoms with Gasteiger partial charge in [-0.2, -0.15) is 0 Å². The fraction of sp³-hybridized carbons (Fsp3) is 0.519. The molecule has 4 rings (SSSR count). The molecule has 2 aromatic rings. The van der Waals surface area contributed by atoms with Crippen molar-refractivity contribution in [1.29, 1.82) is 0 Å². The number of pyridine rings is 1. The Hall–Kier alpha value is -2.11. The van der Waals surface area contributed by atoms with Crippen LogP contribution in [0.4, 0.5) is 5.69 Å². The van der Waals surface area contributed by atoms with Crippen molar-refractivity contribution >= 4 is 19.8 Å². The fourth-order valence-electron chi connectivity index (χ4n) is 4.52. The van der Waals surface area contributed by atoms with Crippen LogP contribution in [0.15, 0.2) is 42.7 Å². The van der Waals surface area contributed by atoms with E-state index in [0.717, 1.165) is 37.0 Å².